The first kappa shape index (κ1) is 6.90. The van der Waals surface area contributed by atoms with Crippen molar-refractivity contribution in [3.05, 3.63) is 12.3 Å². The van der Waals surface area contributed by atoms with Gasteiger partial charge in [-0.05, 0) is 6.08 Å². The van der Waals surface area contributed by atoms with Crippen LogP contribution in [0.4, 0.5) is 0 Å². The number of carboxylic acid groups (broad SMARTS) is 1. The average molecular weight is 163 g/mol. The zero-order valence-corrected chi connectivity index (χ0v) is 6.06. The van der Waals surface area contributed by atoms with Crippen LogP contribution in [0.5, 0.6) is 0 Å². The topological polar surface area (TPSA) is 74.4 Å². The van der Waals surface area contributed by atoms with Crippen molar-refractivity contribution in [2.75, 3.05) is 0 Å². The summed E-state index contributed by atoms with van der Waals surface area (Å²) < 4.78 is 0. The fraction of sp³-hybridized carbons (Fsp3) is 0.143. The molecule has 0 aliphatic carbocycles. The molecule has 2 aliphatic heterocycles. The maximum Gasteiger partial charge on any atom is 0.352 e. The van der Waals surface area contributed by atoms with Crippen LogP contribution in [0, 0.1) is 0 Å². The third-order valence-electron chi connectivity index (χ3n) is 1.62. The minimum Gasteiger partial charge on any atom is -0.477 e. The second-order valence-electron chi connectivity index (χ2n) is 2.41. The Bertz CT molecular complexity index is 363. The minimum absolute atomic E-state index is 0.0428. The first-order chi connectivity index (χ1) is 5.77. The molecule has 1 N–H and O–H groups in total. The molecule has 5 heteroatoms. The number of carboxylic acids is 1. The lowest BCUT2D eigenvalue weighted by Crippen LogP contribution is -2.23. The highest BCUT2D eigenvalue weighted by molar-refractivity contribution is 6.55. The number of nitrogens with zero attached hydrogens (tertiary/aromatic N) is 3. The highest BCUT2D eigenvalue weighted by Gasteiger charge is 2.21. The van der Waals surface area contributed by atoms with Gasteiger partial charge >= 0.3 is 5.97 Å². The molecule has 0 fully saturated rings. The monoisotopic (exact) mass is 163 g/mol. The number of hydrogen-bond acceptors (Lipinski definition) is 4. The summed E-state index contributed by atoms with van der Waals surface area (Å²) in [5.74, 6) is -1.03. The molecule has 0 unspecified atom stereocenters. The molecular formula is C7H5N3O2. The lowest BCUT2D eigenvalue weighted by molar-refractivity contribution is -0.129. The van der Waals surface area contributed by atoms with Crippen molar-refractivity contribution in [2.45, 2.75) is 6.42 Å². The largest absolute Gasteiger partial charge is 0.477 e. The Balaban J connectivity index is 2.33. The SMILES string of the molecule is O=C(O)C1=NN=C2C=CN=C2C1. The third-order valence-corrected chi connectivity index (χ3v) is 1.62. The standard InChI is InChI=1S/C7H5N3O2/c11-7(12)6-3-5-4(9-10-6)1-2-8-5/h1-2H,3H2,(H,11,12). The Labute approximate surface area is 67.8 Å². The van der Waals surface area contributed by atoms with Gasteiger partial charge in [0.15, 0.2) is 5.71 Å². The van der Waals surface area contributed by atoms with Crippen LogP contribution < -0.4 is 0 Å². The third kappa shape index (κ3) is 0.952. The van der Waals surface area contributed by atoms with E-state index in [0.717, 1.165) is 0 Å². The first-order valence-corrected chi connectivity index (χ1v) is 3.39. The molecule has 0 spiro atoms. The predicted molar refractivity (Wildman–Crippen MR) is 43.7 cm³/mol. The molecule has 0 radical (unpaired) electrons. The molecule has 2 heterocycles. The van der Waals surface area contributed by atoms with E-state index in [-0.39, 0.29) is 12.1 Å². The van der Waals surface area contributed by atoms with Crippen LogP contribution in [0.1, 0.15) is 6.42 Å². The normalized spacial score (nSPS) is 19.5. The summed E-state index contributed by atoms with van der Waals surface area (Å²) >= 11 is 0. The maximum atomic E-state index is 10.5. The van der Waals surface area contributed by atoms with Gasteiger partial charge in [0.2, 0.25) is 0 Å². The highest BCUT2D eigenvalue weighted by Crippen LogP contribution is 2.09. The van der Waals surface area contributed by atoms with Gasteiger partial charge in [0, 0.05) is 12.6 Å². The smallest absolute Gasteiger partial charge is 0.352 e. The Morgan fingerprint density at radius 1 is 1.50 bits per heavy atom. The van der Waals surface area contributed by atoms with Crippen molar-refractivity contribution in [3.63, 3.8) is 0 Å². The van der Waals surface area contributed by atoms with Crippen molar-refractivity contribution in [2.24, 2.45) is 15.2 Å². The van der Waals surface area contributed by atoms with Crippen LogP contribution in [-0.2, 0) is 4.79 Å². The van der Waals surface area contributed by atoms with E-state index < -0.39 is 5.97 Å². The molecule has 0 saturated heterocycles. The summed E-state index contributed by atoms with van der Waals surface area (Å²) in [6.45, 7) is 0. The highest BCUT2D eigenvalue weighted by atomic mass is 16.4. The van der Waals surface area contributed by atoms with Crippen LogP contribution in [0.25, 0.3) is 0 Å². The van der Waals surface area contributed by atoms with Gasteiger partial charge in [0.1, 0.15) is 5.71 Å². The zero-order valence-electron chi connectivity index (χ0n) is 6.06. The Hall–Kier alpha value is -1.78. The van der Waals surface area contributed by atoms with E-state index in [2.05, 4.69) is 15.2 Å². The lowest BCUT2D eigenvalue weighted by atomic mass is 10.1. The van der Waals surface area contributed by atoms with Crippen molar-refractivity contribution < 1.29 is 9.90 Å². The van der Waals surface area contributed by atoms with Crippen molar-refractivity contribution >= 4 is 23.1 Å². The van der Waals surface area contributed by atoms with Crippen LogP contribution in [-0.4, -0.2) is 28.2 Å². The van der Waals surface area contributed by atoms with Crippen LogP contribution in [0.3, 0.4) is 0 Å². The predicted octanol–water partition coefficient (Wildman–Crippen LogP) is 0.240. The molecule has 5 nitrogen and oxygen atoms in total. The molecule has 0 amide bonds. The second kappa shape index (κ2) is 2.37. The summed E-state index contributed by atoms with van der Waals surface area (Å²) in [6, 6.07) is 0. The van der Waals surface area contributed by atoms with E-state index in [9.17, 15) is 4.79 Å². The maximum absolute atomic E-state index is 10.5. The van der Waals surface area contributed by atoms with Gasteiger partial charge in [0.05, 0.1) is 5.71 Å². The van der Waals surface area contributed by atoms with Crippen molar-refractivity contribution in [1.29, 1.82) is 0 Å². The number of fused-ring (bicyclic) bond motifs is 1. The number of hydrogen-bond donors (Lipinski definition) is 1. The number of allylic oxidation sites excluding steroid dienone is 1. The van der Waals surface area contributed by atoms with E-state index in [1.54, 1.807) is 12.3 Å². The number of carbonyl (C=O) groups is 1. The second-order valence-corrected chi connectivity index (χ2v) is 2.41. The molecule has 0 aromatic carbocycles. The van der Waals surface area contributed by atoms with E-state index >= 15 is 0 Å². The molecule has 60 valence electrons. The van der Waals surface area contributed by atoms with Crippen LogP contribution >= 0.6 is 0 Å². The molecule has 0 aromatic rings. The van der Waals surface area contributed by atoms with Gasteiger partial charge < -0.3 is 5.11 Å². The number of rotatable bonds is 1. The molecule has 2 aliphatic rings. The first-order valence-electron chi connectivity index (χ1n) is 3.39. The Morgan fingerprint density at radius 3 is 3.08 bits per heavy atom. The molecule has 2 rings (SSSR count). The molecular weight excluding hydrogens is 158 g/mol. The van der Waals surface area contributed by atoms with E-state index in [0.29, 0.717) is 11.4 Å². The number of aliphatic imine (C=N–C) groups is 1. The van der Waals surface area contributed by atoms with Gasteiger partial charge in [-0.2, -0.15) is 0 Å². The summed E-state index contributed by atoms with van der Waals surface area (Å²) in [5, 5.41) is 15.8. The van der Waals surface area contributed by atoms with Gasteiger partial charge in [0.25, 0.3) is 0 Å². The zero-order chi connectivity index (χ0) is 8.55. The van der Waals surface area contributed by atoms with Crippen molar-refractivity contribution in [1.82, 2.24) is 0 Å². The van der Waals surface area contributed by atoms with E-state index in [1.165, 1.54) is 0 Å². The van der Waals surface area contributed by atoms with E-state index in [1.807, 2.05) is 0 Å². The molecule has 0 atom stereocenters. The van der Waals surface area contributed by atoms with E-state index in [4.69, 9.17) is 5.11 Å². The minimum atomic E-state index is -1.03. The number of aliphatic carboxylic acids is 1. The van der Waals surface area contributed by atoms with Gasteiger partial charge in [-0.15, -0.1) is 10.2 Å². The molecule has 0 bridgehead atoms. The average Bonchev–Trinajstić information content (AvgIpc) is 2.49. The molecule has 12 heavy (non-hydrogen) atoms. The van der Waals surface area contributed by atoms with Gasteiger partial charge in [-0.1, -0.05) is 0 Å². The summed E-state index contributed by atoms with van der Waals surface area (Å²) in [5.41, 5.74) is 1.39. The summed E-state index contributed by atoms with van der Waals surface area (Å²) in [4.78, 5) is 14.4. The van der Waals surface area contributed by atoms with Crippen molar-refractivity contribution in [3.8, 4) is 0 Å². The fourth-order valence-electron chi connectivity index (χ4n) is 1.01. The summed E-state index contributed by atoms with van der Waals surface area (Å²) in [7, 11) is 0. The van der Waals surface area contributed by atoms with Crippen LogP contribution in [0.15, 0.2) is 27.5 Å². The Kier molecular flexibility index (Phi) is 1.36. The quantitative estimate of drug-likeness (QED) is 0.601. The lowest BCUT2D eigenvalue weighted by Gasteiger charge is -2.05. The summed E-state index contributed by atoms with van der Waals surface area (Å²) in [6.07, 6.45) is 3.56. The molecule has 0 saturated carbocycles. The van der Waals surface area contributed by atoms with Gasteiger partial charge in [-0.25, -0.2) is 4.79 Å². The Morgan fingerprint density at radius 2 is 2.33 bits per heavy atom. The fourth-order valence-corrected chi connectivity index (χ4v) is 1.01. The van der Waals surface area contributed by atoms with Gasteiger partial charge in [-0.3, -0.25) is 4.99 Å². The molecule has 0 aromatic heterocycles. The van der Waals surface area contributed by atoms with Crippen LogP contribution in [0.2, 0.25) is 0 Å².